The molecule has 0 fully saturated rings. The third-order valence-corrected chi connectivity index (χ3v) is 9.35. The fraction of sp³-hybridized carbons (Fsp3) is 0.750. The Balaban J connectivity index is 2.67. The van der Waals surface area contributed by atoms with Gasteiger partial charge in [0.2, 0.25) is 0 Å². The first-order valence-corrected chi connectivity index (χ1v) is 14.4. The van der Waals surface area contributed by atoms with E-state index in [0.29, 0.717) is 0 Å². The number of benzene rings is 1. The summed E-state index contributed by atoms with van der Waals surface area (Å²) in [7, 11) is -1.34. The van der Waals surface area contributed by atoms with E-state index in [1.807, 2.05) is 0 Å². The fourth-order valence-corrected chi connectivity index (χ4v) is 7.26. The standard InChI is InChI=1S/C24H46O2Si2/c1-7-17-23(11-5,18-8-2)25-27-21-13-15-22(16-14-21)28-26-24(12-6,19-9-3)20-10-4/h13-16H,7-12,17-20,27-28H2,1-6H3. The van der Waals surface area contributed by atoms with Crippen molar-refractivity contribution < 1.29 is 8.85 Å². The van der Waals surface area contributed by atoms with Gasteiger partial charge in [-0.25, -0.2) is 0 Å². The lowest BCUT2D eigenvalue weighted by Gasteiger charge is -2.34. The van der Waals surface area contributed by atoms with Crippen LogP contribution in [0.15, 0.2) is 24.3 Å². The van der Waals surface area contributed by atoms with Crippen LogP contribution in [0.4, 0.5) is 0 Å². The van der Waals surface area contributed by atoms with Crippen molar-refractivity contribution in [2.24, 2.45) is 0 Å². The Labute approximate surface area is 180 Å². The molecule has 0 amide bonds. The van der Waals surface area contributed by atoms with Crippen molar-refractivity contribution in [1.29, 1.82) is 0 Å². The summed E-state index contributed by atoms with van der Waals surface area (Å²) in [6, 6.07) is 9.24. The molecule has 1 rings (SSSR count). The third-order valence-electron chi connectivity index (χ3n) is 6.22. The summed E-state index contributed by atoms with van der Waals surface area (Å²) < 4.78 is 13.2. The zero-order valence-electron chi connectivity index (χ0n) is 19.6. The molecule has 0 aromatic heterocycles. The van der Waals surface area contributed by atoms with Crippen LogP contribution in [-0.4, -0.2) is 30.7 Å². The van der Waals surface area contributed by atoms with Crippen LogP contribution >= 0.6 is 0 Å². The van der Waals surface area contributed by atoms with E-state index < -0.39 is 19.5 Å². The molecule has 0 radical (unpaired) electrons. The lowest BCUT2D eigenvalue weighted by Crippen LogP contribution is -2.38. The van der Waals surface area contributed by atoms with Gasteiger partial charge in [0.1, 0.15) is 0 Å². The van der Waals surface area contributed by atoms with Crippen molar-refractivity contribution in [2.45, 2.75) is 117 Å². The lowest BCUT2D eigenvalue weighted by molar-refractivity contribution is 0.0503. The van der Waals surface area contributed by atoms with Gasteiger partial charge in [0.15, 0.2) is 19.5 Å². The topological polar surface area (TPSA) is 18.5 Å². The Morgan fingerprint density at radius 3 is 1.07 bits per heavy atom. The van der Waals surface area contributed by atoms with E-state index in [2.05, 4.69) is 65.8 Å². The van der Waals surface area contributed by atoms with E-state index in [4.69, 9.17) is 8.85 Å². The van der Waals surface area contributed by atoms with Crippen LogP contribution < -0.4 is 10.4 Å². The second-order valence-electron chi connectivity index (χ2n) is 8.47. The van der Waals surface area contributed by atoms with Crippen LogP contribution in [0, 0.1) is 0 Å². The molecular weight excluding hydrogens is 376 g/mol. The molecule has 4 heteroatoms. The summed E-state index contributed by atoms with van der Waals surface area (Å²) in [5, 5.41) is 2.85. The maximum absolute atomic E-state index is 6.60. The summed E-state index contributed by atoms with van der Waals surface area (Å²) in [4.78, 5) is 0. The molecule has 0 unspecified atom stereocenters. The van der Waals surface area contributed by atoms with E-state index in [1.165, 1.54) is 61.7 Å². The van der Waals surface area contributed by atoms with Gasteiger partial charge in [-0.05, 0) is 48.9 Å². The minimum atomic E-state index is -0.670. The molecule has 162 valence electrons. The molecule has 0 saturated carbocycles. The van der Waals surface area contributed by atoms with Crippen molar-refractivity contribution in [3.8, 4) is 0 Å². The predicted molar refractivity (Wildman–Crippen MR) is 131 cm³/mol. The molecule has 1 aromatic rings. The normalized spacial score (nSPS) is 13.4. The van der Waals surface area contributed by atoms with Crippen LogP contribution in [0.1, 0.15) is 106 Å². The Morgan fingerprint density at radius 2 is 0.857 bits per heavy atom. The molecule has 1 aromatic carbocycles. The van der Waals surface area contributed by atoms with Gasteiger partial charge in [-0.3, -0.25) is 0 Å². The third kappa shape index (κ3) is 8.13. The smallest absolute Gasteiger partial charge is 0.193 e. The molecule has 0 spiro atoms. The lowest BCUT2D eigenvalue weighted by atomic mass is 9.90. The van der Waals surface area contributed by atoms with E-state index >= 15 is 0 Å². The Morgan fingerprint density at radius 1 is 0.571 bits per heavy atom. The maximum atomic E-state index is 6.60. The molecule has 0 atom stereocenters. The largest absolute Gasteiger partial charge is 0.413 e. The first kappa shape index (κ1) is 25.6. The summed E-state index contributed by atoms with van der Waals surface area (Å²) in [5.41, 5.74) is 0.237. The molecule has 0 aliphatic carbocycles. The molecule has 0 heterocycles. The average molecular weight is 423 g/mol. The first-order valence-electron chi connectivity index (χ1n) is 11.9. The van der Waals surface area contributed by atoms with Gasteiger partial charge < -0.3 is 8.85 Å². The molecule has 2 nitrogen and oxygen atoms in total. The minimum absolute atomic E-state index is 0.118. The van der Waals surface area contributed by atoms with Gasteiger partial charge >= 0.3 is 0 Å². The van der Waals surface area contributed by atoms with Crippen LogP contribution in [0.5, 0.6) is 0 Å². The monoisotopic (exact) mass is 422 g/mol. The quantitative estimate of drug-likeness (QED) is 0.361. The second kappa shape index (κ2) is 13.7. The summed E-state index contributed by atoms with van der Waals surface area (Å²) in [5.74, 6) is 0. The summed E-state index contributed by atoms with van der Waals surface area (Å²) in [6.45, 7) is 13.7. The van der Waals surface area contributed by atoms with Crippen LogP contribution in [0.3, 0.4) is 0 Å². The zero-order chi connectivity index (χ0) is 20.9. The van der Waals surface area contributed by atoms with Crippen molar-refractivity contribution in [3.05, 3.63) is 24.3 Å². The highest BCUT2D eigenvalue weighted by atomic mass is 28.2. The molecule has 0 N–H and O–H groups in total. The zero-order valence-corrected chi connectivity index (χ0v) is 22.4. The molecule has 0 saturated heterocycles. The van der Waals surface area contributed by atoms with Crippen LogP contribution in [0.25, 0.3) is 0 Å². The molecular formula is C24H46O2Si2. The Kier molecular flexibility index (Phi) is 12.6. The summed E-state index contributed by atoms with van der Waals surface area (Å²) >= 11 is 0. The van der Waals surface area contributed by atoms with Crippen molar-refractivity contribution >= 4 is 29.9 Å². The average Bonchev–Trinajstić information content (AvgIpc) is 2.71. The SMILES string of the molecule is CCCC(CC)(CCC)O[SiH2]c1ccc([SiH2]OC(CC)(CCC)CCC)cc1. The second-order valence-corrected chi connectivity index (χ2v) is 11.3. The first-order chi connectivity index (χ1) is 13.5. The van der Waals surface area contributed by atoms with Gasteiger partial charge in [0, 0.05) is 0 Å². The van der Waals surface area contributed by atoms with E-state index in [0.717, 1.165) is 12.8 Å². The Hall–Kier alpha value is -0.426. The number of hydrogen-bond acceptors (Lipinski definition) is 2. The number of hydrogen-bond donors (Lipinski definition) is 0. The highest BCUT2D eigenvalue weighted by molar-refractivity contribution is 6.49. The van der Waals surface area contributed by atoms with Crippen LogP contribution in [-0.2, 0) is 8.85 Å². The number of rotatable bonds is 16. The van der Waals surface area contributed by atoms with Crippen molar-refractivity contribution in [2.75, 3.05) is 0 Å². The van der Waals surface area contributed by atoms with Crippen molar-refractivity contribution in [1.82, 2.24) is 0 Å². The van der Waals surface area contributed by atoms with E-state index in [1.54, 1.807) is 0 Å². The van der Waals surface area contributed by atoms with Gasteiger partial charge in [-0.15, -0.1) is 0 Å². The molecule has 0 aliphatic rings. The van der Waals surface area contributed by atoms with Gasteiger partial charge in [-0.2, -0.15) is 0 Å². The van der Waals surface area contributed by atoms with Gasteiger partial charge in [0.05, 0.1) is 11.2 Å². The molecule has 0 aliphatic heterocycles. The van der Waals surface area contributed by atoms with Crippen molar-refractivity contribution in [3.63, 3.8) is 0 Å². The minimum Gasteiger partial charge on any atom is -0.413 e. The Bertz CT molecular complexity index is 457. The summed E-state index contributed by atoms with van der Waals surface area (Å²) in [6.07, 6.45) is 11.9. The fourth-order valence-electron chi connectivity index (χ4n) is 4.48. The highest BCUT2D eigenvalue weighted by Crippen LogP contribution is 2.28. The van der Waals surface area contributed by atoms with Gasteiger partial charge in [0.25, 0.3) is 0 Å². The van der Waals surface area contributed by atoms with E-state index in [9.17, 15) is 0 Å². The van der Waals surface area contributed by atoms with Gasteiger partial charge in [-0.1, -0.05) is 91.5 Å². The highest BCUT2D eigenvalue weighted by Gasteiger charge is 2.27. The molecule has 0 bridgehead atoms. The van der Waals surface area contributed by atoms with Crippen LogP contribution in [0.2, 0.25) is 0 Å². The van der Waals surface area contributed by atoms with E-state index in [-0.39, 0.29) is 11.2 Å². The maximum Gasteiger partial charge on any atom is 0.193 e. The predicted octanol–water partition coefficient (Wildman–Crippen LogP) is 4.64. The molecule has 28 heavy (non-hydrogen) atoms.